The van der Waals surface area contributed by atoms with E-state index in [4.69, 9.17) is 14.2 Å². The Labute approximate surface area is 365 Å². The van der Waals surface area contributed by atoms with Gasteiger partial charge in [0.05, 0.1) is 0 Å². The lowest BCUT2D eigenvalue weighted by Crippen LogP contribution is -2.30. The van der Waals surface area contributed by atoms with Gasteiger partial charge in [-0.15, -0.1) is 0 Å². The summed E-state index contributed by atoms with van der Waals surface area (Å²) in [5.41, 5.74) is 0. The van der Waals surface area contributed by atoms with Gasteiger partial charge in [0.2, 0.25) is 0 Å². The van der Waals surface area contributed by atoms with Gasteiger partial charge >= 0.3 is 17.9 Å². The van der Waals surface area contributed by atoms with E-state index >= 15 is 0 Å². The molecule has 0 heterocycles. The summed E-state index contributed by atoms with van der Waals surface area (Å²) in [5.74, 6) is -0.888. The van der Waals surface area contributed by atoms with Crippen LogP contribution in [-0.4, -0.2) is 37.2 Å². The summed E-state index contributed by atoms with van der Waals surface area (Å²) in [6, 6.07) is 0. The summed E-state index contributed by atoms with van der Waals surface area (Å²) < 4.78 is 16.8. The summed E-state index contributed by atoms with van der Waals surface area (Å²) in [7, 11) is 0. The topological polar surface area (TPSA) is 78.9 Å². The van der Waals surface area contributed by atoms with Crippen LogP contribution in [0, 0.1) is 0 Å². The van der Waals surface area contributed by atoms with Gasteiger partial charge < -0.3 is 14.2 Å². The van der Waals surface area contributed by atoms with E-state index in [9.17, 15) is 14.4 Å². The van der Waals surface area contributed by atoms with Crippen molar-refractivity contribution < 1.29 is 28.6 Å². The average molecular weight is 829 g/mol. The molecule has 0 N–H and O–H groups in total. The molecule has 0 unspecified atom stereocenters. The van der Waals surface area contributed by atoms with Crippen molar-refractivity contribution in [2.75, 3.05) is 13.2 Å². The molecule has 6 nitrogen and oxygen atoms in total. The molecule has 0 aliphatic carbocycles. The van der Waals surface area contributed by atoms with Crippen molar-refractivity contribution in [1.82, 2.24) is 0 Å². The van der Waals surface area contributed by atoms with E-state index in [-0.39, 0.29) is 31.1 Å². The number of unbranched alkanes of at least 4 members (excludes halogenated alkanes) is 29. The molecule has 0 aromatic heterocycles. The largest absolute Gasteiger partial charge is 0.462 e. The molecule has 0 bridgehead atoms. The Bertz CT molecular complexity index is 1000. The predicted octanol–water partition coefficient (Wildman–Crippen LogP) is 16.5. The Morgan fingerprint density at radius 3 is 1.00 bits per heavy atom. The first-order chi connectivity index (χ1) is 29.0. The van der Waals surface area contributed by atoms with E-state index < -0.39 is 6.10 Å². The third-order valence-corrected chi connectivity index (χ3v) is 11.1. The van der Waals surface area contributed by atoms with E-state index in [1.54, 1.807) is 0 Å². The number of hydrogen-bond donors (Lipinski definition) is 0. The Morgan fingerprint density at radius 1 is 0.339 bits per heavy atom. The zero-order valence-electron chi connectivity index (χ0n) is 39.3. The lowest BCUT2D eigenvalue weighted by atomic mass is 10.1. The molecule has 344 valence electrons. The maximum Gasteiger partial charge on any atom is 0.306 e. The van der Waals surface area contributed by atoms with E-state index in [2.05, 4.69) is 57.2 Å². The maximum atomic E-state index is 12.8. The third-order valence-electron chi connectivity index (χ3n) is 11.1. The minimum absolute atomic E-state index is 0.0766. The first-order valence-corrected chi connectivity index (χ1v) is 25.5. The summed E-state index contributed by atoms with van der Waals surface area (Å²) in [4.78, 5) is 37.9. The second-order valence-electron chi connectivity index (χ2n) is 17.1. The van der Waals surface area contributed by atoms with Crippen LogP contribution in [0.3, 0.4) is 0 Å². The maximum absolute atomic E-state index is 12.8. The van der Waals surface area contributed by atoms with E-state index in [0.29, 0.717) is 19.3 Å². The summed E-state index contributed by atoms with van der Waals surface area (Å²) in [5, 5.41) is 0. The molecule has 0 rings (SSSR count). The van der Waals surface area contributed by atoms with E-state index in [1.807, 2.05) is 0 Å². The molecule has 0 saturated carbocycles. The summed E-state index contributed by atoms with van der Waals surface area (Å²) in [6.07, 6.45) is 55.5. The third kappa shape index (κ3) is 46.5. The van der Waals surface area contributed by atoms with Gasteiger partial charge in [0.25, 0.3) is 0 Å². The van der Waals surface area contributed by atoms with Crippen LogP contribution in [0.15, 0.2) is 36.5 Å². The van der Waals surface area contributed by atoms with E-state index in [1.165, 1.54) is 141 Å². The van der Waals surface area contributed by atoms with Crippen LogP contribution in [0.5, 0.6) is 0 Å². The number of allylic oxidation sites excluding steroid dienone is 6. The van der Waals surface area contributed by atoms with Crippen LogP contribution >= 0.6 is 0 Å². The van der Waals surface area contributed by atoms with Crippen LogP contribution in [0.25, 0.3) is 0 Å². The number of hydrogen-bond acceptors (Lipinski definition) is 6. The van der Waals surface area contributed by atoms with Crippen LogP contribution in [0.2, 0.25) is 0 Å². The van der Waals surface area contributed by atoms with Crippen LogP contribution in [-0.2, 0) is 28.6 Å². The van der Waals surface area contributed by atoms with Crippen molar-refractivity contribution in [2.24, 2.45) is 0 Å². The van der Waals surface area contributed by atoms with Gasteiger partial charge in [0.1, 0.15) is 13.2 Å². The first-order valence-electron chi connectivity index (χ1n) is 25.5. The highest BCUT2D eigenvalue weighted by molar-refractivity contribution is 5.71. The lowest BCUT2D eigenvalue weighted by molar-refractivity contribution is -0.167. The fourth-order valence-corrected chi connectivity index (χ4v) is 7.23. The molecular weight excluding hydrogens is 733 g/mol. The quantitative estimate of drug-likeness (QED) is 0.0263. The van der Waals surface area contributed by atoms with Crippen LogP contribution in [0.1, 0.15) is 265 Å². The number of esters is 3. The first kappa shape index (κ1) is 56.6. The fraction of sp³-hybridized carbons (Fsp3) is 0.830. The monoisotopic (exact) mass is 829 g/mol. The molecule has 0 fully saturated rings. The Hall–Kier alpha value is -2.37. The molecule has 0 aromatic rings. The molecule has 1 atom stereocenters. The average Bonchev–Trinajstić information content (AvgIpc) is 3.23. The molecular formula is C53H96O6. The number of ether oxygens (including phenoxy) is 3. The van der Waals surface area contributed by atoms with Gasteiger partial charge in [0, 0.05) is 19.3 Å². The molecule has 0 aliphatic heterocycles. The summed E-state index contributed by atoms with van der Waals surface area (Å²) >= 11 is 0. The van der Waals surface area contributed by atoms with Crippen molar-refractivity contribution in [3.05, 3.63) is 36.5 Å². The number of carbonyl (C=O) groups excluding carboxylic acids is 3. The Kier molecular flexibility index (Phi) is 46.4. The van der Waals surface area contributed by atoms with Gasteiger partial charge in [-0.3, -0.25) is 14.4 Å². The van der Waals surface area contributed by atoms with Gasteiger partial charge in [-0.25, -0.2) is 0 Å². The van der Waals surface area contributed by atoms with Gasteiger partial charge in [0.15, 0.2) is 6.10 Å². The highest BCUT2D eigenvalue weighted by atomic mass is 16.6. The second kappa shape index (κ2) is 48.3. The predicted molar refractivity (Wildman–Crippen MR) is 252 cm³/mol. The van der Waals surface area contributed by atoms with Crippen molar-refractivity contribution in [3.63, 3.8) is 0 Å². The van der Waals surface area contributed by atoms with Crippen molar-refractivity contribution in [1.29, 1.82) is 0 Å². The van der Waals surface area contributed by atoms with Crippen molar-refractivity contribution in [2.45, 2.75) is 271 Å². The minimum atomic E-state index is -0.776. The molecule has 0 amide bonds. The zero-order chi connectivity index (χ0) is 43.0. The molecule has 0 spiro atoms. The molecule has 59 heavy (non-hydrogen) atoms. The number of rotatable bonds is 46. The number of carbonyl (C=O) groups is 3. The highest BCUT2D eigenvalue weighted by Gasteiger charge is 2.19. The van der Waals surface area contributed by atoms with Crippen LogP contribution in [0.4, 0.5) is 0 Å². The highest BCUT2D eigenvalue weighted by Crippen LogP contribution is 2.15. The lowest BCUT2D eigenvalue weighted by Gasteiger charge is -2.18. The van der Waals surface area contributed by atoms with Gasteiger partial charge in [-0.1, -0.05) is 205 Å². The normalized spacial score (nSPS) is 12.3. The van der Waals surface area contributed by atoms with Gasteiger partial charge in [-0.2, -0.15) is 0 Å². The van der Waals surface area contributed by atoms with Crippen molar-refractivity contribution >= 4 is 17.9 Å². The fourth-order valence-electron chi connectivity index (χ4n) is 7.23. The van der Waals surface area contributed by atoms with Crippen molar-refractivity contribution in [3.8, 4) is 0 Å². The van der Waals surface area contributed by atoms with Crippen LogP contribution < -0.4 is 0 Å². The zero-order valence-corrected chi connectivity index (χ0v) is 39.3. The molecule has 0 radical (unpaired) electrons. The van der Waals surface area contributed by atoms with Gasteiger partial charge in [-0.05, 0) is 77.0 Å². The Balaban J connectivity index is 4.38. The standard InChI is InChI=1S/C53H96O6/c1-4-7-10-13-16-19-22-24-26-28-31-34-37-40-43-46-52(55)58-49-50(48-57-51(54)45-42-39-36-33-30-21-18-15-12-9-6-3)59-53(56)47-44-41-38-35-32-29-27-25-23-20-17-14-11-8-5-2/h17,19-20,22,25,27,50H,4-16,18,21,23-24,26,28-49H2,1-3H3/b20-17-,22-19-,27-25-/t50-/m0/s1. The van der Waals surface area contributed by atoms with E-state index in [0.717, 1.165) is 83.5 Å². The molecule has 6 heteroatoms. The smallest absolute Gasteiger partial charge is 0.306 e. The molecule has 0 aliphatic rings. The Morgan fingerprint density at radius 2 is 0.610 bits per heavy atom. The summed E-state index contributed by atoms with van der Waals surface area (Å²) in [6.45, 7) is 6.59. The SMILES string of the molecule is CCCCC/C=C\C/C=C\CCCCCCCC(=O)O[C@H](COC(=O)CCCCCCCCC/C=C\CCCCCC)COC(=O)CCCCCCCCCCCCC. The second-order valence-corrected chi connectivity index (χ2v) is 17.1. The molecule has 0 saturated heterocycles. The molecule has 0 aromatic carbocycles. The minimum Gasteiger partial charge on any atom is -0.462 e.